The van der Waals surface area contributed by atoms with Crippen LogP contribution in [0.4, 0.5) is 0 Å². The molecule has 2 heteroatoms. The van der Waals surface area contributed by atoms with Crippen molar-refractivity contribution in [1.82, 2.24) is 0 Å². The Hall–Kier alpha value is -3.00. The maximum atomic E-state index is 6.11. The first kappa shape index (κ1) is 16.8. The van der Waals surface area contributed by atoms with Gasteiger partial charge in [-0.15, -0.1) is 0 Å². The van der Waals surface area contributed by atoms with Crippen LogP contribution in [0.15, 0.2) is 84.9 Å². The van der Waals surface area contributed by atoms with E-state index in [1.165, 1.54) is 0 Å². The molecule has 0 amide bonds. The fourth-order valence-electron chi connectivity index (χ4n) is 2.83. The minimum Gasteiger partial charge on any atom is -0.497 e. The van der Waals surface area contributed by atoms with Gasteiger partial charge in [0.1, 0.15) is 11.5 Å². The summed E-state index contributed by atoms with van der Waals surface area (Å²) in [4.78, 5) is 0. The van der Waals surface area contributed by atoms with E-state index in [1.807, 2.05) is 43.3 Å². The minimum atomic E-state index is 0.602. The molecule has 0 aromatic heterocycles. The molecule has 0 N–H and O–H groups in total. The summed E-state index contributed by atoms with van der Waals surface area (Å²) in [5.41, 5.74) is 4.39. The molecule has 0 atom stereocenters. The SMILES string of the molecule is CCOC(=C(c1ccccc1)c1ccccc1)c1ccc(OC)cc1. The van der Waals surface area contributed by atoms with Gasteiger partial charge in [0.2, 0.25) is 0 Å². The van der Waals surface area contributed by atoms with Crippen LogP contribution in [0.1, 0.15) is 23.6 Å². The Balaban J connectivity index is 2.23. The molecule has 0 saturated heterocycles. The van der Waals surface area contributed by atoms with E-state index in [0.717, 1.165) is 33.8 Å². The van der Waals surface area contributed by atoms with Gasteiger partial charge in [0, 0.05) is 11.1 Å². The zero-order valence-corrected chi connectivity index (χ0v) is 14.6. The molecule has 25 heavy (non-hydrogen) atoms. The molecular weight excluding hydrogens is 308 g/mol. The summed E-state index contributed by atoms with van der Waals surface area (Å²) in [6, 6.07) is 28.7. The molecular formula is C23H22O2. The smallest absolute Gasteiger partial charge is 0.134 e. The number of methoxy groups -OCH3 is 1. The highest BCUT2D eigenvalue weighted by atomic mass is 16.5. The lowest BCUT2D eigenvalue weighted by molar-refractivity contribution is 0.299. The van der Waals surface area contributed by atoms with Crippen LogP contribution in [0.5, 0.6) is 5.75 Å². The molecule has 0 aliphatic carbocycles. The highest BCUT2D eigenvalue weighted by molar-refractivity contribution is 5.96. The van der Waals surface area contributed by atoms with Crippen molar-refractivity contribution in [3.63, 3.8) is 0 Å². The van der Waals surface area contributed by atoms with Crippen LogP contribution < -0.4 is 4.74 Å². The van der Waals surface area contributed by atoms with Gasteiger partial charge in [-0.05, 0) is 42.3 Å². The maximum absolute atomic E-state index is 6.11. The fourth-order valence-corrected chi connectivity index (χ4v) is 2.83. The van der Waals surface area contributed by atoms with Crippen molar-refractivity contribution < 1.29 is 9.47 Å². The molecule has 0 radical (unpaired) electrons. The Morgan fingerprint density at radius 1 is 0.680 bits per heavy atom. The summed E-state index contributed by atoms with van der Waals surface area (Å²) in [6.07, 6.45) is 0. The Bertz CT molecular complexity index is 777. The van der Waals surface area contributed by atoms with Crippen molar-refractivity contribution in [2.45, 2.75) is 6.92 Å². The van der Waals surface area contributed by atoms with E-state index in [1.54, 1.807) is 7.11 Å². The van der Waals surface area contributed by atoms with Gasteiger partial charge >= 0.3 is 0 Å². The van der Waals surface area contributed by atoms with Crippen LogP contribution in [0, 0.1) is 0 Å². The van der Waals surface area contributed by atoms with Gasteiger partial charge in [-0.2, -0.15) is 0 Å². The molecule has 3 rings (SSSR count). The van der Waals surface area contributed by atoms with Gasteiger partial charge in [-0.3, -0.25) is 0 Å². The monoisotopic (exact) mass is 330 g/mol. The molecule has 0 saturated carbocycles. The topological polar surface area (TPSA) is 18.5 Å². The maximum Gasteiger partial charge on any atom is 0.134 e. The zero-order valence-electron chi connectivity index (χ0n) is 14.6. The molecule has 3 aromatic carbocycles. The molecule has 0 heterocycles. The molecule has 0 unspecified atom stereocenters. The summed E-state index contributed by atoms with van der Waals surface area (Å²) in [5.74, 6) is 1.71. The molecule has 0 spiro atoms. The van der Waals surface area contributed by atoms with Crippen LogP contribution in [-0.2, 0) is 4.74 Å². The van der Waals surface area contributed by atoms with E-state index < -0.39 is 0 Å². The predicted molar refractivity (Wildman–Crippen MR) is 103 cm³/mol. The van der Waals surface area contributed by atoms with Gasteiger partial charge in [-0.1, -0.05) is 60.7 Å². The molecule has 0 aliphatic rings. The van der Waals surface area contributed by atoms with Crippen molar-refractivity contribution in [2.24, 2.45) is 0 Å². The first-order valence-corrected chi connectivity index (χ1v) is 8.46. The lowest BCUT2D eigenvalue weighted by atomic mass is 9.94. The third-order valence-corrected chi connectivity index (χ3v) is 3.99. The van der Waals surface area contributed by atoms with Gasteiger partial charge in [0.25, 0.3) is 0 Å². The van der Waals surface area contributed by atoms with Crippen molar-refractivity contribution in [3.8, 4) is 5.75 Å². The first-order valence-electron chi connectivity index (χ1n) is 8.46. The molecule has 0 bridgehead atoms. The van der Waals surface area contributed by atoms with E-state index in [-0.39, 0.29) is 0 Å². The van der Waals surface area contributed by atoms with Gasteiger partial charge in [0.05, 0.1) is 13.7 Å². The highest BCUT2D eigenvalue weighted by Gasteiger charge is 2.15. The van der Waals surface area contributed by atoms with Crippen molar-refractivity contribution in [2.75, 3.05) is 13.7 Å². The van der Waals surface area contributed by atoms with Crippen molar-refractivity contribution >= 4 is 11.3 Å². The van der Waals surface area contributed by atoms with Crippen molar-refractivity contribution in [1.29, 1.82) is 0 Å². The first-order chi connectivity index (χ1) is 12.3. The molecule has 0 fully saturated rings. The molecule has 2 nitrogen and oxygen atoms in total. The number of hydrogen-bond donors (Lipinski definition) is 0. The summed E-state index contributed by atoms with van der Waals surface area (Å²) >= 11 is 0. The number of benzene rings is 3. The number of ether oxygens (including phenoxy) is 2. The van der Waals surface area contributed by atoms with Gasteiger partial charge in [-0.25, -0.2) is 0 Å². The van der Waals surface area contributed by atoms with Crippen molar-refractivity contribution in [3.05, 3.63) is 102 Å². The van der Waals surface area contributed by atoms with Crippen LogP contribution in [0.25, 0.3) is 11.3 Å². The van der Waals surface area contributed by atoms with E-state index >= 15 is 0 Å². The van der Waals surface area contributed by atoms with Gasteiger partial charge < -0.3 is 9.47 Å². The van der Waals surface area contributed by atoms with E-state index in [0.29, 0.717) is 6.61 Å². The third kappa shape index (κ3) is 3.92. The molecule has 126 valence electrons. The van der Waals surface area contributed by atoms with E-state index in [9.17, 15) is 0 Å². The molecule has 3 aromatic rings. The Labute approximate surface area is 149 Å². The van der Waals surface area contributed by atoms with Crippen LogP contribution >= 0.6 is 0 Å². The van der Waals surface area contributed by atoms with Crippen LogP contribution in [0.2, 0.25) is 0 Å². The largest absolute Gasteiger partial charge is 0.497 e. The lowest BCUT2D eigenvalue weighted by Crippen LogP contribution is -1.99. The molecule has 0 aliphatic heterocycles. The summed E-state index contributed by atoms with van der Waals surface area (Å²) < 4.78 is 11.4. The van der Waals surface area contributed by atoms with Crippen LogP contribution in [-0.4, -0.2) is 13.7 Å². The van der Waals surface area contributed by atoms with E-state index in [4.69, 9.17) is 9.47 Å². The fraction of sp³-hybridized carbons (Fsp3) is 0.130. The second kappa shape index (κ2) is 8.20. The standard InChI is InChI=1S/C23H22O2/c1-3-25-23(20-14-16-21(24-2)17-15-20)22(18-10-6-4-7-11-18)19-12-8-5-9-13-19/h4-17H,3H2,1-2H3. The summed E-state index contributed by atoms with van der Waals surface area (Å²) in [7, 11) is 1.67. The minimum absolute atomic E-state index is 0.602. The third-order valence-electron chi connectivity index (χ3n) is 3.99. The van der Waals surface area contributed by atoms with Crippen LogP contribution in [0.3, 0.4) is 0 Å². The average Bonchev–Trinajstić information content (AvgIpc) is 2.69. The quantitative estimate of drug-likeness (QED) is 0.429. The second-order valence-corrected chi connectivity index (χ2v) is 5.60. The Kier molecular flexibility index (Phi) is 5.53. The Morgan fingerprint density at radius 2 is 1.20 bits per heavy atom. The van der Waals surface area contributed by atoms with E-state index in [2.05, 4.69) is 48.5 Å². The highest BCUT2D eigenvalue weighted by Crippen LogP contribution is 2.33. The second-order valence-electron chi connectivity index (χ2n) is 5.60. The summed E-state index contributed by atoms with van der Waals surface area (Å²) in [6.45, 7) is 2.61. The zero-order chi connectivity index (χ0) is 17.5. The average molecular weight is 330 g/mol. The predicted octanol–water partition coefficient (Wildman–Crippen LogP) is 5.65. The van der Waals surface area contributed by atoms with Gasteiger partial charge in [0.15, 0.2) is 0 Å². The Morgan fingerprint density at radius 3 is 1.64 bits per heavy atom. The lowest BCUT2D eigenvalue weighted by Gasteiger charge is -2.17. The normalized spacial score (nSPS) is 10.2. The summed E-state index contributed by atoms with van der Waals surface area (Å²) in [5, 5.41) is 0. The number of hydrogen-bond acceptors (Lipinski definition) is 2. The number of rotatable bonds is 6.